The molecule has 2 rings (SSSR count). The minimum absolute atomic E-state index is 0.162. The Morgan fingerprint density at radius 1 is 1.45 bits per heavy atom. The number of benzene rings is 1. The predicted molar refractivity (Wildman–Crippen MR) is 76.5 cm³/mol. The molecule has 1 aliphatic rings. The Bertz CT molecular complexity index is 567. The minimum atomic E-state index is -0.905. The van der Waals surface area contributed by atoms with Gasteiger partial charge < -0.3 is 5.11 Å². The summed E-state index contributed by atoms with van der Waals surface area (Å²) in [7, 11) is 0. The molecule has 1 atom stereocenters. The Balaban J connectivity index is 2.52. The molecule has 1 N–H and O–H groups in total. The molecule has 4 nitrogen and oxygen atoms in total. The Labute approximate surface area is 119 Å². The molecule has 106 valence electrons. The van der Waals surface area contributed by atoms with Crippen molar-refractivity contribution in [2.24, 2.45) is 0 Å². The van der Waals surface area contributed by atoms with E-state index >= 15 is 0 Å². The Kier molecular flexibility index (Phi) is 3.71. The van der Waals surface area contributed by atoms with Gasteiger partial charge in [-0.1, -0.05) is 12.1 Å². The van der Waals surface area contributed by atoms with E-state index in [-0.39, 0.29) is 6.04 Å². The lowest BCUT2D eigenvalue weighted by Gasteiger charge is -2.42. The summed E-state index contributed by atoms with van der Waals surface area (Å²) in [6.45, 7) is 5.72. The van der Waals surface area contributed by atoms with Gasteiger partial charge >= 0.3 is 6.09 Å². The maximum atomic E-state index is 11.7. The second-order valence-corrected chi connectivity index (χ2v) is 6.22. The summed E-state index contributed by atoms with van der Waals surface area (Å²) in [4.78, 5) is 13.2. The molecule has 1 amide bonds. The highest BCUT2D eigenvalue weighted by Gasteiger charge is 2.36. The van der Waals surface area contributed by atoms with E-state index < -0.39 is 11.6 Å². The van der Waals surface area contributed by atoms with Crippen LogP contribution in [0, 0.1) is 11.3 Å². The fraction of sp³-hybridized carbons (Fsp3) is 0.500. The van der Waals surface area contributed by atoms with E-state index in [0.29, 0.717) is 5.56 Å². The zero-order valence-electron chi connectivity index (χ0n) is 12.2. The third-order valence-corrected chi connectivity index (χ3v) is 3.84. The van der Waals surface area contributed by atoms with Crippen LogP contribution in [-0.4, -0.2) is 21.6 Å². The number of carboxylic acid groups (broad SMARTS) is 1. The van der Waals surface area contributed by atoms with Crippen molar-refractivity contribution in [1.82, 2.24) is 4.90 Å². The minimum Gasteiger partial charge on any atom is -0.465 e. The Morgan fingerprint density at radius 3 is 2.70 bits per heavy atom. The molecule has 0 unspecified atom stereocenters. The molecular formula is C16H20N2O2. The lowest BCUT2D eigenvalue weighted by Crippen LogP contribution is -2.48. The van der Waals surface area contributed by atoms with Gasteiger partial charge in [0.1, 0.15) is 0 Å². The normalized spacial score (nSPS) is 18.0. The molecule has 1 aromatic carbocycles. The first kappa shape index (κ1) is 14.4. The van der Waals surface area contributed by atoms with Gasteiger partial charge in [-0.15, -0.1) is 0 Å². The number of amides is 1. The van der Waals surface area contributed by atoms with Crippen molar-refractivity contribution >= 4 is 6.09 Å². The summed E-state index contributed by atoms with van der Waals surface area (Å²) in [5, 5.41) is 18.8. The van der Waals surface area contributed by atoms with Crippen molar-refractivity contribution in [2.45, 2.75) is 51.6 Å². The Hall–Kier alpha value is -2.02. The summed E-state index contributed by atoms with van der Waals surface area (Å²) < 4.78 is 0. The van der Waals surface area contributed by atoms with Crippen LogP contribution < -0.4 is 0 Å². The van der Waals surface area contributed by atoms with Crippen LogP contribution in [0.2, 0.25) is 0 Å². The molecular weight excluding hydrogens is 252 g/mol. The highest BCUT2D eigenvalue weighted by atomic mass is 16.4. The third kappa shape index (κ3) is 2.49. The molecule has 1 aromatic rings. The molecule has 0 aromatic heterocycles. The number of carbonyl (C=O) groups is 1. The molecule has 4 heteroatoms. The van der Waals surface area contributed by atoms with Gasteiger partial charge in [0.05, 0.1) is 17.7 Å². The highest BCUT2D eigenvalue weighted by Crippen LogP contribution is 2.38. The van der Waals surface area contributed by atoms with E-state index in [4.69, 9.17) is 0 Å². The number of hydrogen-bond acceptors (Lipinski definition) is 2. The number of nitriles is 1. The summed E-state index contributed by atoms with van der Waals surface area (Å²) in [5.74, 6) is 0. The molecule has 0 radical (unpaired) electrons. The molecule has 0 spiro atoms. The average Bonchev–Trinajstić information content (AvgIpc) is 2.36. The molecule has 1 aliphatic carbocycles. The third-order valence-electron chi connectivity index (χ3n) is 3.84. The largest absolute Gasteiger partial charge is 0.465 e. The van der Waals surface area contributed by atoms with Gasteiger partial charge in [-0.2, -0.15) is 5.26 Å². The van der Waals surface area contributed by atoms with Gasteiger partial charge in [-0.3, -0.25) is 4.90 Å². The van der Waals surface area contributed by atoms with E-state index in [1.807, 2.05) is 39.0 Å². The van der Waals surface area contributed by atoms with Gasteiger partial charge in [0, 0.05) is 5.54 Å². The smallest absolute Gasteiger partial charge is 0.408 e. The number of nitrogens with zero attached hydrogens (tertiary/aromatic N) is 2. The molecule has 0 saturated carbocycles. The first-order valence-electron chi connectivity index (χ1n) is 6.90. The van der Waals surface area contributed by atoms with Gasteiger partial charge in [0.2, 0.25) is 0 Å². The summed E-state index contributed by atoms with van der Waals surface area (Å²) in [5.41, 5.74) is 2.22. The van der Waals surface area contributed by atoms with Crippen LogP contribution in [0.1, 0.15) is 56.3 Å². The van der Waals surface area contributed by atoms with Gasteiger partial charge in [0.15, 0.2) is 0 Å². The van der Waals surface area contributed by atoms with Gasteiger partial charge in [0.25, 0.3) is 0 Å². The van der Waals surface area contributed by atoms with E-state index in [1.54, 1.807) is 0 Å². The van der Waals surface area contributed by atoms with Gasteiger partial charge in [-0.25, -0.2) is 4.79 Å². The van der Waals surface area contributed by atoms with Crippen LogP contribution in [0.5, 0.6) is 0 Å². The van der Waals surface area contributed by atoms with Crippen LogP contribution in [-0.2, 0) is 6.42 Å². The van der Waals surface area contributed by atoms with Crippen LogP contribution in [0.25, 0.3) is 0 Å². The van der Waals surface area contributed by atoms with Crippen molar-refractivity contribution < 1.29 is 9.90 Å². The van der Waals surface area contributed by atoms with Crippen LogP contribution in [0.4, 0.5) is 4.79 Å². The molecule has 0 heterocycles. The molecule has 0 fully saturated rings. The lowest BCUT2D eigenvalue weighted by atomic mass is 9.83. The van der Waals surface area contributed by atoms with Crippen molar-refractivity contribution in [1.29, 1.82) is 5.26 Å². The first-order chi connectivity index (χ1) is 9.36. The van der Waals surface area contributed by atoms with Crippen molar-refractivity contribution in [3.63, 3.8) is 0 Å². The van der Waals surface area contributed by atoms with Crippen molar-refractivity contribution in [3.8, 4) is 6.07 Å². The quantitative estimate of drug-likeness (QED) is 0.847. The molecule has 0 aliphatic heterocycles. The molecule has 0 bridgehead atoms. The highest BCUT2D eigenvalue weighted by molar-refractivity contribution is 5.67. The summed E-state index contributed by atoms with van der Waals surface area (Å²) >= 11 is 0. The fourth-order valence-electron chi connectivity index (χ4n) is 3.08. The van der Waals surface area contributed by atoms with Crippen LogP contribution in [0.3, 0.4) is 0 Å². The lowest BCUT2D eigenvalue weighted by molar-refractivity contribution is 0.0638. The standard InChI is InChI=1S/C16H20N2O2/c1-16(2,3)18(15(19)20)14-9-5-7-12-11(10-17)6-4-8-13(12)14/h4,6,8,14H,5,7,9H2,1-3H3,(H,19,20)/t14-/m1/s1. The number of fused-ring (bicyclic) bond motifs is 1. The summed E-state index contributed by atoms with van der Waals surface area (Å²) in [6.07, 6.45) is 1.67. The average molecular weight is 272 g/mol. The van der Waals surface area contributed by atoms with E-state index in [1.165, 1.54) is 4.90 Å². The van der Waals surface area contributed by atoms with E-state index in [0.717, 1.165) is 30.4 Å². The van der Waals surface area contributed by atoms with Crippen LogP contribution >= 0.6 is 0 Å². The second kappa shape index (κ2) is 5.16. The maximum Gasteiger partial charge on any atom is 0.408 e. The molecule has 0 saturated heterocycles. The van der Waals surface area contributed by atoms with Gasteiger partial charge in [-0.05, 0) is 57.2 Å². The fourth-order valence-corrected chi connectivity index (χ4v) is 3.08. The van der Waals surface area contributed by atoms with E-state index in [9.17, 15) is 15.2 Å². The number of hydrogen-bond donors (Lipinski definition) is 1. The zero-order chi connectivity index (χ0) is 14.9. The topological polar surface area (TPSA) is 64.3 Å². The van der Waals surface area contributed by atoms with E-state index in [2.05, 4.69) is 6.07 Å². The SMILES string of the molecule is CC(C)(C)N(C(=O)O)[C@@H]1CCCc2c(C#N)cccc21. The number of rotatable bonds is 1. The second-order valence-electron chi connectivity index (χ2n) is 6.22. The predicted octanol–water partition coefficient (Wildman–Crippen LogP) is 3.71. The van der Waals surface area contributed by atoms with Crippen LogP contribution in [0.15, 0.2) is 18.2 Å². The monoisotopic (exact) mass is 272 g/mol. The summed E-state index contributed by atoms with van der Waals surface area (Å²) in [6, 6.07) is 7.67. The van der Waals surface area contributed by atoms with Crippen molar-refractivity contribution in [3.05, 3.63) is 34.9 Å². The van der Waals surface area contributed by atoms with Crippen molar-refractivity contribution in [2.75, 3.05) is 0 Å². The molecule has 20 heavy (non-hydrogen) atoms. The maximum absolute atomic E-state index is 11.7. The Morgan fingerprint density at radius 2 is 2.15 bits per heavy atom. The first-order valence-corrected chi connectivity index (χ1v) is 6.90. The zero-order valence-corrected chi connectivity index (χ0v) is 12.2.